The van der Waals surface area contributed by atoms with Crippen LogP contribution in [0.1, 0.15) is 38.2 Å². The molecule has 12 heteroatoms. The number of rotatable bonds is 5. The van der Waals surface area contributed by atoms with Gasteiger partial charge in [-0.15, -0.1) is 0 Å². The van der Waals surface area contributed by atoms with E-state index in [1.165, 1.54) is 18.2 Å². The van der Waals surface area contributed by atoms with Gasteiger partial charge in [0.1, 0.15) is 5.76 Å². The number of halogens is 8. The van der Waals surface area contributed by atoms with Crippen LogP contribution < -0.4 is 0 Å². The minimum Gasteiger partial charge on any atom is -0.507 e. The third kappa shape index (κ3) is 4.89. The average Bonchev–Trinajstić information content (AvgIpc) is 2.70. The molecule has 2 rings (SSSR count). The van der Waals surface area contributed by atoms with Gasteiger partial charge in [0.05, 0.1) is 23.4 Å². The summed E-state index contributed by atoms with van der Waals surface area (Å²) in [6.45, 7) is 2.21. The molecule has 0 amide bonds. The average molecular weight is 512 g/mol. The Morgan fingerprint density at radius 3 is 1.94 bits per heavy atom. The van der Waals surface area contributed by atoms with Crippen LogP contribution in [0.5, 0.6) is 0 Å². The largest absolute Gasteiger partial charge is 0.507 e. The minimum absolute atomic E-state index is 0.0183. The molecule has 0 saturated heterocycles. The molecule has 0 radical (unpaired) electrons. The first-order valence-electron chi connectivity index (χ1n) is 9.27. The number of nitrogens with one attached hydrogen (secondary N) is 1. The monoisotopic (exact) mass is 511 g/mol. The number of carbonyl (C=O) groups excluding carboxylic acids is 1. The van der Waals surface area contributed by atoms with Gasteiger partial charge in [-0.3, -0.25) is 0 Å². The molecular weight excluding hydrogens is 495 g/mol. The first kappa shape index (κ1) is 27.2. The van der Waals surface area contributed by atoms with Crippen molar-refractivity contribution in [2.45, 2.75) is 31.9 Å². The Morgan fingerprint density at radius 2 is 1.50 bits per heavy atom. The van der Waals surface area contributed by atoms with E-state index in [9.17, 15) is 40.6 Å². The number of ether oxygens (including phenoxy) is 1. The number of aryl methyl sites for hydroxylation is 2. The molecule has 2 aromatic rings. The van der Waals surface area contributed by atoms with Gasteiger partial charge in [0, 0.05) is 22.8 Å². The standard InChI is InChI=1S/C22H17ClF7NO3/c1-10-6-13(20(24,21(25,26)27)22(28,29)30)7-11(2)18(10)16(31)9-17(32)12-4-5-15(23)14(8-12)19(33)34-3/h4-9,31-32H,1-3H3/b17-9-,31-16?. The predicted octanol–water partition coefficient (Wildman–Crippen LogP) is 7.00. The van der Waals surface area contributed by atoms with Crippen molar-refractivity contribution in [2.24, 2.45) is 0 Å². The minimum atomic E-state index is -6.27. The summed E-state index contributed by atoms with van der Waals surface area (Å²) in [5, 5.41) is 18.6. The molecule has 0 atom stereocenters. The van der Waals surface area contributed by atoms with Crippen molar-refractivity contribution < 1.29 is 45.4 Å². The Kier molecular flexibility index (Phi) is 7.42. The third-order valence-electron chi connectivity index (χ3n) is 4.93. The second kappa shape index (κ2) is 9.28. The van der Waals surface area contributed by atoms with E-state index < -0.39 is 41.0 Å². The molecule has 0 unspecified atom stereocenters. The molecule has 0 saturated carbocycles. The van der Waals surface area contributed by atoms with Gasteiger partial charge in [0.2, 0.25) is 0 Å². The highest BCUT2D eigenvalue weighted by atomic mass is 35.5. The van der Waals surface area contributed by atoms with Crippen LogP contribution in [0.2, 0.25) is 5.02 Å². The zero-order chi connectivity index (χ0) is 26.2. The number of carbonyl (C=O) groups is 1. The van der Waals surface area contributed by atoms with Crippen molar-refractivity contribution in [1.29, 1.82) is 5.41 Å². The van der Waals surface area contributed by atoms with E-state index in [2.05, 4.69) is 4.74 Å². The smallest absolute Gasteiger partial charge is 0.435 e. The van der Waals surface area contributed by atoms with Crippen molar-refractivity contribution in [3.8, 4) is 0 Å². The second-order valence-corrected chi connectivity index (χ2v) is 7.68. The number of allylic oxidation sites excluding steroid dienone is 1. The van der Waals surface area contributed by atoms with Crippen LogP contribution in [0.15, 0.2) is 36.4 Å². The summed E-state index contributed by atoms with van der Waals surface area (Å²) < 4.78 is 97.5. The Morgan fingerprint density at radius 1 is 1.00 bits per heavy atom. The molecule has 184 valence electrons. The van der Waals surface area contributed by atoms with Gasteiger partial charge in [-0.05, 0) is 43.2 Å². The van der Waals surface area contributed by atoms with Crippen molar-refractivity contribution in [1.82, 2.24) is 0 Å². The maximum absolute atomic E-state index is 14.4. The fourth-order valence-electron chi connectivity index (χ4n) is 3.32. The number of methoxy groups -OCH3 is 1. The highest BCUT2D eigenvalue weighted by Gasteiger charge is 2.73. The number of benzene rings is 2. The summed E-state index contributed by atoms with van der Waals surface area (Å²) >= 11 is 5.90. The highest BCUT2D eigenvalue weighted by Crippen LogP contribution is 2.53. The Balaban J connectivity index is 2.55. The van der Waals surface area contributed by atoms with Gasteiger partial charge >= 0.3 is 24.0 Å². The van der Waals surface area contributed by atoms with Crippen LogP contribution in [0.4, 0.5) is 30.7 Å². The van der Waals surface area contributed by atoms with Crippen molar-refractivity contribution >= 4 is 29.0 Å². The lowest BCUT2D eigenvalue weighted by Gasteiger charge is -2.31. The van der Waals surface area contributed by atoms with Gasteiger partial charge in [0.25, 0.3) is 0 Å². The highest BCUT2D eigenvalue weighted by molar-refractivity contribution is 6.33. The molecular formula is C22H17ClF7NO3. The molecule has 0 spiro atoms. The number of hydrogen-bond donors (Lipinski definition) is 2. The molecule has 0 aliphatic carbocycles. The van der Waals surface area contributed by atoms with Crippen LogP contribution in [-0.2, 0) is 10.4 Å². The molecule has 0 heterocycles. The van der Waals surface area contributed by atoms with E-state index in [1.807, 2.05) is 0 Å². The molecule has 2 N–H and O–H groups in total. The van der Waals surface area contributed by atoms with E-state index in [0.29, 0.717) is 12.1 Å². The molecule has 34 heavy (non-hydrogen) atoms. The second-order valence-electron chi connectivity index (χ2n) is 7.27. The molecule has 0 aromatic heterocycles. The predicted molar refractivity (Wildman–Crippen MR) is 111 cm³/mol. The van der Waals surface area contributed by atoms with Gasteiger partial charge in [-0.1, -0.05) is 23.7 Å². The molecule has 4 nitrogen and oxygen atoms in total. The number of hydrogen-bond acceptors (Lipinski definition) is 4. The molecule has 0 fully saturated rings. The molecule has 0 aliphatic rings. The van der Waals surface area contributed by atoms with Crippen LogP contribution in [0.3, 0.4) is 0 Å². The van der Waals surface area contributed by atoms with E-state index in [-0.39, 0.29) is 32.8 Å². The fourth-order valence-corrected chi connectivity index (χ4v) is 3.51. The van der Waals surface area contributed by atoms with Crippen LogP contribution in [-0.4, -0.2) is 36.2 Å². The Hall–Kier alpha value is -3.08. The van der Waals surface area contributed by atoms with Gasteiger partial charge in [-0.25, -0.2) is 9.18 Å². The summed E-state index contributed by atoms with van der Waals surface area (Å²) in [4.78, 5) is 11.8. The number of aliphatic hydroxyl groups excluding tert-OH is 1. The van der Waals surface area contributed by atoms with Crippen LogP contribution >= 0.6 is 11.6 Å². The summed E-state index contributed by atoms with van der Waals surface area (Å²) in [5.41, 5.74) is -8.48. The number of aliphatic hydroxyl groups is 1. The fraction of sp³-hybridized carbons (Fsp3) is 0.273. The Labute approximate surface area is 194 Å². The molecule has 0 aliphatic heterocycles. The zero-order valence-electron chi connectivity index (χ0n) is 17.8. The first-order chi connectivity index (χ1) is 15.5. The SMILES string of the molecule is COC(=O)c1cc(/C(O)=C/C(=N)c2c(C)cc(C(F)(C(F)(F)F)C(F)(F)F)cc2C)ccc1Cl. The number of alkyl halides is 7. The summed E-state index contributed by atoms with van der Waals surface area (Å²) in [7, 11) is 1.11. The molecule has 0 bridgehead atoms. The molecule has 2 aromatic carbocycles. The quantitative estimate of drug-likeness (QED) is 0.196. The van der Waals surface area contributed by atoms with Crippen molar-refractivity contribution in [3.05, 3.63) is 74.8 Å². The van der Waals surface area contributed by atoms with Crippen molar-refractivity contribution in [2.75, 3.05) is 7.11 Å². The lowest BCUT2D eigenvalue weighted by Crippen LogP contribution is -2.50. The summed E-state index contributed by atoms with van der Waals surface area (Å²) in [5.74, 6) is -1.36. The van der Waals surface area contributed by atoms with Crippen LogP contribution in [0.25, 0.3) is 5.76 Å². The van der Waals surface area contributed by atoms with Gasteiger partial charge in [-0.2, -0.15) is 26.3 Å². The van der Waals surface area contributed by atoms with Crippen molar-refractivity contribution in [3.63, 3.8) is 0 Å². The third-order valence-corrected chi connectivity index (χ3v) is 5.26. The summed E-state index contributed by atoms with van der Waals surface area (Å²) in [6, 6.07) is 4.47. The lowest BCUT2D eigenvalue weighted by molar-refractivity contribution is -0.348. The van der Waals surface area contributed by atoms with Gasteiger partial charge in [0.15, 0.2) is 0 Å². The normalized spacial score (nSPS) is 13.1. The number of esters is 1. The maximum Gasteiger partial charge on any atom is 0.435 e. The van der Waals surface area contributed by atoms with E-state index in [0.717, 1.165) is 27.0 Å². The Bertz CT molecular complexity index is 1130. The zero-order valence-corrected chi connectivity index (χ0v) is 18.5. The lowest BCUT2D eigenvalue weighted by atomic mass is 9.87. The van der Waals surface area contributed by atoms with E-state index in [4.69, 9.17) is 17.0 Å². The van der Waals surface area contributed by atoms with Gasteiger partial charge < -0.3 is 15.3 Å². The maximum atomic E-state index is 14.4. The topological polar surface area (TPSA) is 70.4 Å². The van der Waals surface area contributed by atoms with Crippen LogP contribution in [0, 0.1) is 19.3 Å². The van der Waals surface area contributed by atoms with E-state index >= 15 is 0 Å². The summed E-state index contributed by atoms with van der Waals surface area (Å²) in [6.07, 6.45) is -11.7. The van der Waals surface area contributed by atoms with E-state index in [1.54, 1.807) is 0 Å². The first-order valence-corrected chi connectivity index (χ1v) is 9.65.